The summed E-state index contributed by atoms with van der Waals surface area (Å²) in [6.45, 7) is 8.93. The Kier molecular flexibility index (Phi) is 4.29. The molecule has 21 heavy (non-hydrogen) atoms. The highest BCUT2D eigenvalue weighted by atomic mass is 35.5. The number of pyridine rings is 1. The molecule has 0 radical (unpaired) electrons. The highest BCUT2D eigenvalue weighted by Crippen LogP contribution is 2.32. The summed E-state index contributed by atoms with van der Waals surface area (Å²) in [5, 5.41) is 11.9. The van der Waals surface area contributed by atoms with Crippen molar-refractivity contribution in [3.63, 3.8) is 0 Å². The van der Waals surface area contributed by atoms with Crippen LogP contribution in [0.25, 0.3) is 10.9 Å². The number of aromatic hydroxyl groups is 1. The minimum absolute atomic E-state index is 0.285. The first kappa shape index (κ1) is 14.6. The van der Waals surface area contributed by atoms with Gasteiger partial charge in [0.25, 0.3) is 0 Å². The molecule has 2 heterocycles. The topological polar surface area (TPSA) is 42.0 Å². The summed E-state index contributed by atoms with van der Waals surface area (Å²) in [6, 6.07) is 5.63. The number of benzene rings is 1. The van der Waals surface area contributed by atoms with Gasteiger partial charge in [-0.25, -0.2) is 0 Å². The van der Waals surface area contributed by atoms with Gasteiger partial charge in [-0.2, -0.15) is 0 Å². The summed E-state index contributed by atoms with van der Waals surface area (Å²) in [5.74, 6) is 0.285. The average Bonchev–Trinajstić information content (AvgIpc) is 2.53. The quantitative estimate of drug-likeness (QED) is 0.741. The molecule has 0 atom stereocenters. The number of nitrogens with zero attached hydrogens (tertiary/aromatic N) is 1. The van der Waals surface area contributed by atoms with Gasteiger partial charge in [0.05, 0.1) is 17.1 Å². The van der Waals surface area contributed by atoms with E-state index in [-0.39, 0.29) is 5.75 Å². The summed E-state index contributed by atoms with van der Waals surface area (Å²) < 4.78 is 0. The number of fused-ring (bicyclic) bond motifs is 1. The molecule has 1 saturated heterocycles. The smallest absolute Gasteiger partial charge is 0.150 e. The Morgan fingerprint density at radius 2 is 1.95 bits per heavy atom. The van der Waals surface area contributed by atoms with Crippen LogP contribution < -0.4 is 9.80 Å². The number of aromatic nitrogens is 1. The monoisotopic (exact) mass is 307 g/mol. The maximum absolute atomic E-state index is 10.5. The van der Waals surface area contributed by atoms with E-state index in [0.717, 1.165) is 30.6 Å². The van der Waals surface area contributed by atoms with E-state index >= 15 is 0 Å². The van der Waals surface area contributed by atoms with Gasteiger partial charge in [0, 0.05) is 11.6 Å². The third kappa shape index (κ3) is 2.98. The van der Waals surface area contributed by atoms with Crippen molar-refractivity contribution in [3.05, 3.63) is 35.0 Å². The van der Waals surface area contributed by atoms with Gasteiger partial charge in [-0.05, 0) is 25.1 Å². The van der Waals surface area contributed by atoms with E-state index in [1.54, 1.807) is 11.1 Å². The molecule has 3 N–H and O–H groups in total. The fourth-order valence-electron chi connectivity index (χ4n) is 3.13. The third-order valence-electron chi connectivity index (χ3n) is 4.50. The summed E-state index contributed by atoms with van der Waals surface area (Å²) in [6.07, 6.45) is 1.69. The van der Waals surface area contributed by atoms with Crippen LogP contribution in [0.1, 0.15) is 12.5 Å². The molecular formula is C16H22ClN3O+2. The van der Waals surface area contributed by atoms with E-state index in [4.69, 9.17) is 11.6 Å². The van der Waals surface area contributed by atoms with Crippen LogP contribution in [0, 0.1) is 0 Å². The number of nitrogens with one attached hydrogen (secondary N) is 2. The summed E-state index contributed by atoms with van der Waals surface area (Å²) >= 11 is 6.33. The fraction of sp³-hybridized carbons (Fsp3) is 0.438. The molecule has 1 fully saturated rings. The third-order valence-corrected chi connectivity index (χ3v) is 4.81. The molecule has 0 spiro atoms. The van der Waals surface area contributed by atoms with Crippen LogP contribution in [0.2, 0.25) is 5.02 Å². The maximum atomic E-state index is 10.5. The van der Waals surface area contributed by atoms with E-state index in [2.05, 4.69) is 11.9 Å². The van der Waals surface area contributed by atoms with Crippen molar-refractivity contribution in [2.45, 2.75) is 13.5 Å². The van der Waals surface area contributed by atoms with Gasteiger partial charge in [-0.15, -0.1) is 0 Å². The van der Waals surface area contributed by atoms with E-state index in [0.29, 0.717) is 10.5 Å². The molecule has 1 aliphatic heterocycles. The second kappa shape index (κ2) is 6.18. The first-order valence-electron chi connectivity index (χ1n) is 7.61. The largest absolute Gasteiger partial charge is 0.505 e. The molecule has 1 aliphatic rings. The van der Waals surface area contributed by atoms with Crippen molar-refractivity contribution in [1.82, 2.24) is 4.98 Å². The van der Waals surface area contributed by atoms with Gasteiger partial charge in [-0.3, -0.25) is 4.98 Å². The lowest BCUT2D eigenvalue weighted by Crippen LogP contribution is -3.27. The Hall–Kier alpha value is -1.36. The molecule has 112 valence electrons. The maximum Gasteiger partial charge on any atom is 0.150 e. The molecular weight excluding hydrogens is 286 g/mol. The zero-order valence-corrected chi connectivity index (χ0v) is 13.1. The highest BCUT2D eigenvalue weighted by molar-refractivity contribution is 6.35. The Balaban J connectivity index is 1.83. The molecule has 1 aromatic carbocycles. The number of likely N-dealkylation sites (N-methyl/N-ethyl adjacent to an activating group) is 1. The average molecular weight is 308 g/mol. The Morgan fingerprint density at radius 3 is 2.67 bits per heavy atom. The van der Waals surface area contributed by atoms with Crippen LogP contribution in [0.5, 0.6) is 5.75 Å². The number of hydrogen-bond donors (Lipinski definition) is 3. The summed E-state index contributed by atoms with van der Waals surface area (Å²) in [5.41, 5.74) is 1.51. The van der Waals surface area contributed by atoms with E-state index in [1.165, 1.54) is 24.5 Å². The van der Waals surface area contributed by atoms with E-state index in [9.17, 15) is 5.11 Å². The Labute approximate surface area is 129 Å². The molecule has 0 unspecified atom stereocenters. The number of quaternary nitrogens is 2. The fourth-order valence-corrected chi connectivity index (χ4v) is 3.41. The number of rotatable bonds is 3. The van der Waals surface area contributed by atoms with Gasteiger partial charge >= 0.3 is 0 Å². The molecule has 0 bridgehead atoms. The Morgan fingerprint density at radius 1 is 1.24 bits per heavy atom. The van der Waals surface area contributed by atoms with Crippen LogP contribution in [0.3, 0.4) is 0 Å². The zero-order valence-electron chi connectivity index (χ0n) is 12.3. The summed E-state index contributed by atoms with van der Waals surface area (Å²) in [7, 11) is 0. The minimum atomic E-state index is 0.285. The Bertz CT molecular complexity index is 639. The van der Waals surface area contributed by atoms with Crippen LogP contribution in [-0.2, 0) is 6.54 Å². The van der Waals surface area contributed by atoms with Crippen LogP contribution in [0.4, 0.5) is 0 Å². The molecule has 5 heteroatoms. The molecule has 4 nitrogen and oxygen atoms in total. The van der Waals surface area contributed by atoms with Crippen LogP contribution >= 0.6 is 11.6 Å². The highest BCUT2D eigenvalue weighted by Gasteiger charge is 2.23. The predicted molar refractivity (Wildman–Crippen MR) is 84.1 cm³/mol. The first-order chi connectivity index (χ1) is 10.2. The van der Waals surface area contributed by atoms with Crippen molar-refractivity contribution in [2.24, 2.45) is 0 Å². The molecule has 2 aromatic rings. The number of halogens is 1. The zero-order chi connectivity index (χ0) is 14.8. The number of phenolic OH excluding ortho intramolecular Hbond substituents is 1. The number of hydrogen-bond acceptors (Lipinski definition) is 2. The van der Waals surface area contributed by atoms with Crippen LogP contribution in [-0.4, -0.2) is 42.8 Å². The van der Waals surface area contributed by atoms with Gasteiger partial charge in [0.15, 0.2) is 5.75 Å². The SMILES string of the molecule is CC[NH+]1CC[NH+](Cc2cc(Cl)c3cccnc3c2O)CC1. The van der Waals surface area contributed by atoms with Crippen molar-refractivity contribution < 1.29 is 14.9 Å². The van der Waals surface area contributed by atoms with Gasteiger partial charge in [0.1, 0.15) is 38.2 Å². The van der Waals surface area contributed by atoms with Crippen molar-refractivity contribution >= 4 is 22.5 Å². The van der Waals surface area contributed by atoms with E-state index in [1.807, 2.05) is 18.2 Å². The molecule has 0 aliphatic carbocycles. The molecule has 3 rings (SSSR count). The molecule has 0 saturated carbocycles. The van der Waals surface area contributed by atoms with Crippen molar-refractivity contribution in [3.8, 4) is 5.75 Å². The van der Waals surface area contributed by atoms with E-state index < -0.39 is 0 Å². The first-order valence-corrected chi connectivity index (χ1v) is 7.99. The predicted octanol–water partition coefficient (Wildman–Crippen LogP) is -0.103. The normalized spacial score (nSPS) is 22.6. The van der Waals surface area contributed by atoms with Gasteiger partial charge in [-0.1, -0.05) is 11.6 Å². The lowest BCUT2D eigenvalue weighted by molar-refractivity contribution is -1.02. The molecule has 0 amide bonds. The second-order valence-electron chi connectivity index (χ2n) is 5.80. The van der Waals surface area contributed by atoms with Crippen molar-refractivity contribution in [1.29, 1.82) is 0 Å². The number of piperazine rings is 1. The van der Waals surface area contributed by atoms with Crippen LogP contribution in [0.15, 0.2) is 24.4 Å². The minimum Gasteiger partial charge on any atom is -0.505 e. The standard InChI is InChI=1S/C16H20ClN3O/c1-2-19-6-8-20(9-7-19)11-12-10-14(17)13-4-3-5-18-15(13)16(12)21/h3-5,10,21H,2,6-9,11H2,1H3/p+2. The van der Waals surface area contributed by atoms with Gasteiger partial charge in [0.2, 0.25) is 0 Å². The lowest BCUT2D eigenvalue weighted by Gasteiger charge is -2.29. The second-order valence-corrected chi connectivity index (χ2v) is 6.20. The lowest BCUT2D eigenvalue weighted by atomic mass is 10.1. The van der Waals surface area contributed by atoms with Crippen molar-refractivity contribution in [2.75, 3.05) is 32.7 Å². The summed E-state index contributed by atoms with van der Waals surface area (Å²) in [4.78, 5) is 7.45. The number of phenols is 1. The van der Waals surface area contributed by atoms with Gasteiger partial charge < -0.3 is 14.9 Å². The molecule has 1 aromatic heterocycles.